The van der Waals surface area contributed by atoms with E-state index in [2.05, 4.69) is 36.2 Å². The van der Waals surface area contributed by atoms with Crippen LogP contribution >= 0.6 is 15.9 Å². The summed E-state index contributed by atoms with van der Waals surface area (Å²) in [6.07, 6.45) is 1.92. The maximum atomic E-state index is 4.55. The summed E-state index contributed by atoms with van der Waals surface area (Å²) in [5, 5.41) is 7.82. The molecule has 0 unspecified atom stereocenters. The summed E-state index contributed by atoms with van der Waals surface area (Å²) in [4.78, 5) is 6.92. The number of piperazine rings is 1. The maximum Gasteiger partial charge on any atom is 0.169 e. The number of nitrogens with one attached hydrogen (secondary N) is 1. The minimum Gasteiger partial charge on any atom is -0.314 e. The maximum absolute atomic E-state index is 4.55. The van der Waals surface area contributed by atoms with Crippen LogP contribution in [0.1, 0.15) is 5.82 Å². The molecule has 3 heterocycles. The number of nitrogens with zero attached hydrogens (tertiary/aromatic N) is 4. The van der Waals surface area contributed by atoms with Crippen molar-refractivity contribution in [1.82, 2.24) is 24.8 Å². The number of aromatic nitrogens is 3. The predicted molar refractivity (Wildman–Crippen MR) is 68.8 cm³/mol. The van der Waals surface area contributed by atoms with Crippen LogP contribution in [0.3, 0.4) is 0 Å². The van der Waals surface area contributed by atoms with Gasteiger partial charge >= 0.3 is 0 Å². The predicted octanol–water partition coefficient (Wildman–Crippen LogP) is 0.897. The molecule has 0 radical (unpaired) electrons. The molecule has 0 spiro atoms. The van der Waals surface area contributed by atoms with Gasteiger partial charge in [0, 0.05) is 32.4 Å². The molecule has 0 aliphatic carbocycles. The Bertz CT molecular complexity index is 518. The molecule has 6 heteroatoms. The number of hydrogen-bond acceptors (Lipinski definition) is 4. The van der Waals surface area contributed by atoms with Gasteiger partial charge in [-0.1, -0.05) is 0 Å². The first kappa shape index (κ1) is 11.1. The first-order valence-corrected chi connectivity index (χ1v) is 6.55. The fraction of sp³-hybridized carbons (Fsp3) is 0.455. The monoisotopic (exact) mass is 295 g/mol. The van der Waals surface area contributed by atoms with Crippen molar-refractivity contribution in [2.45, 2.75) is 6.54 Å². The topological polar surface area (TPSA) is 45.5 Å². The van der Waals surface area contributed by atoms with Gasteiger partial charge in [0.25, 0.3) is 0 Å². The Balaban J connectivity index is 1.83. The minimum atomic E-state index is 0.829. The van der Waals surface area contributed by atoms with Crippen LogP contribution in [0.25, 0.3) is 5.65 Å². The van der Waals surface area contributed by atoms with Crippen molar-refractivity contribution in [3.63, 3.8) is 0 Å². The summed E-state index contributed by atoms with van der Waals surface area (Å²) < 4.78 is 2.81. The van der Waals surface area contributed by atoms with E-state index in [0.717, 1.165) is 48.7 Å². The molecule has 90 valence electrons. The van der Waals surface area contributed by atoms with Crippen LogP contribution in [-0.2, 0) is 6.54 Å². The molecule has 1 N–H and O–H groups in total. The SMILES string of the molecule is Brc1cccn2nc(CN3CCNCC3)nc12. The highest BCUT2D eigenvalue weighted by Gasteiger charge is 2.13. The highest BCUT2D eigenvalue weighted by atomic mass is 79.9. The molecule has 1 fully saturated rings. The Labute approximate surface area is 108 Å². The summed E-state index contributed by atoms with van der Waals surface area (Å²) in [6, 6.07) is 3.94. The summed E-state index contributed by atoms with van der Waals surface area (Å²) in [6.45, 7) is 5.07. The summed E-state index contributed by atoms with van der Waals surface area (Å²) in [7, 11) is 0. The molecule has 0 atom stereocenters. The van der Waals surface area contributed by atoms with Gasteiger partial charge in [0.15, 0.2) is 11.5 Å². The van der Waals surface area contributed by atoms with Gasteiger partial charge in [0.05, 0.1) is 11.0 Å². The number of fused-ring (bicyclic) bond motifs is 1. The van der Waals surface area contributed by atoms with Gasteiger partial charge in [0.2, 0.25) is 0 Å². The van der Waals surface area contributed by atoms with E-state index < -0.39 is 0 Å². The fourth-order valence-corrected chi connectivity index (χ4v) is 2.48. The molecule has 17 heavy (non-hydrogen) atoms. The highest BCUT2D eigenvalue weighted by Crippen LogP contribution is 2.15. The van der Waals surface area contributed by atoms with E-state index >= 15 is 0 Å². The second-order valence-corrected chi connectivity index (χ2v) is 5.03. The molecule has 0 bridgehead atoms. The van der Waals surface area contributed by atoms with Crippen molar-refractivity contribution in [1.29, 1.82) is 0 Å². The van der Waals surface area contributed by atoms with E-state index in [1.54, 1.807) is 0 Å². The fourth-order valence-electron chi connectivity index (χ4n) is 2.05. The second kappa shape index (κ2) is 4.72. The van der Waals surface area contributed by atoms with Crippen LogP contribution < -0.4 is 5.32 Å². The molecule has 2 aromatic heterocycles. The van der Waals surface area contributed by atoms with Crippen molar-refractivity contribution >= 4 is 21.6 Å². The zero-order chi connectivity index (χ0) is 11.7. The molecule has 1 aliphatic rings. The number of rotatable bonds is 2. The molecule has 1 saturated heterocycles. The van der Waals surface area contributed by atoms with Crippen LogP contribution in [0.5, 0.6) is 0 Å². The Morgan fingerprint density at radius 2 is 2.18 bits per heavy atom. The first-order chi connectivity index (χ1) is 8.33. The molecule has 3 rings (SSSR count). The molecule has 0 aromatic carbocycles. The molecule has 0 amide bonds. The van der Waals surface area contributed by atoms with Gasteiger partial charge < -0.3 is 5.32 Å². The number of pyridine rings is 1. The third-order valence-corrected chi connectivity index (χ3v) is 3.55. The Kier molecular flexibility index (Phi) is 3.09. The lowest BCUT2D eigenvalue weighted by Gasteiger charge is -2.25. The van der Waals surface area contributed by atoms with E-state index in [1.807, 2.05) is 22.8 Å². The van der Waals surface area contributed by atoms with Gasteiger partial charge in [-0.3, -0.25) is 4.90 Å². The third kappa shape index (κ3) is 2.34. The van der Waals surface area contributed by atoms with Gasteiger partial charge in [-0.2, -0.15) is 0 Å². The van der Waals surface area contributed by atoms with Crippen LogP contribution in [0.4, 0.5) is 0 Å². The second-order valence-electron chi connectivity index (χ2n) is 4.18. The van der Waals surface area contributed by atoms with E-state index in [-0.39, 0.29) is 0 Å². The Morgan fingerprint density at radius 1 is 1.35 bits per heavy atom. The smallest absolute Gasteiger partial charge is 0.169 e. The average Bonchev–Trinajstić information content (AvgIpc) is 2.74. The average molecular weight is 296 g/mol. The summed E-state index contributed by atoms with van der Waals surface area (Å²) >= 11 is 3.49. The molecular weight excluding hydrogens is 282 g/mol. The van der Waals surface area contributed by atoms with Gasteiger partial charge in [0.1, 0.15) is 0 Å². The van der Waals surface area contributed by atoms with Crippen molar-refractivity contribution in [2.24, 2.45) is 0 Å². The lowest BCUT2D eigenvalue weighted by atomic mass is 10.3. The van der Waals surface area contributed by atoms with E-state index in [1.165, 1.54) is 0 Å². The van der Waals surface area contributed by atoms with Crippen LogP contribution in [0, 0.1) is 0 Å². The first-order valence-electron chi connectivity index (χ1n) is 5.76. The normalized spacial score (nSPS) is 17.7. The number of halogens is 1. The van der Waals surface area contributed by atoms with Crippen molar-refractivity contribution < 1.29 is 0 Å². The van der Waals surface area contributed by atoms with Gasteiger partial charge in [-0.05, 0) is 28.1 Å². The van der Waals surface area contributed by atoms with Crippen LogP contribution in [-0.4, -0.2) is 45.7 Å². The molecular formula is C11H14BrN5. The highest BCUT2D eigenvalue weighted by molar-refractivity contribution is 9.10. The van der Waals surface area contributed by atoms with Crippen LogP contribution in [0.2, 0.25) is 0 Å². The van der Waals surface area contributed by atoms with Crippen molar-refractivity contribution in [3.8, 4) is 0 Å². The summed E-state index contributed by atoms with van der Waals surface area (Å²) in [5.41, 5.74) is 0.887. The lowest BCUT2D eigenvalue weighted by Crippen LogP contribution is -2.43. The minimum absolute atomic E-state index is 0.829. The van der Waals surface area contributed by atoms with E-state index in [9.17, 15) is 0 Å². The quantitative estimate of drug-likeness (QED) is 0.894. The third-order valence-electron chi connectivity index (χ3n) is 2.93. The Hall–Kier alpha value is -0.980. The zero-order valence-corrected chi connectivity index (χ0v) is 11.0. The largest absolute Gasteiger partial charge is 0.314 e. The van der Waals surface area contributed by atoms with Crippen molar-refractivity contribution in [2.75, 3.05) is 26.2 Å². The van der Waals surface area contributed by atoms with Crippen molar-refractivity contribution in [3.05, 3.63) is 28.6 Å². The standard InChI is InChI=1S/C11H14BrN5/c12-9-2-1-5-17-11(9)14-10(15-17)8-16-6-3-13-4-7-16/h1-2,5,13H,3-4,6-8H2. The molecule has 5 nitrogen and oxygen atoms in total. The van der Waals surface area contributed by atoms with E-state index in [0.29, 0.717) is 0 Å². The molecule has 2 aromatic rings. The molecule has 1 aliphatic heterocycles. The summed E-state index contributed by atoms with van der Waals surface area (Å²) in [5.74, 6) is 0.888. The Morgan fingerprint density at radius 3 is 2.94 bits per heavy atom. The number of hydrogen-bond donors (Lipinski definition) is 1. The zero-order valence-electron chi connectivity index (χ0n) is 9.43. The van der Waals surface area contributed by atoms with E-state index in [4.69, 9.17) is 0 Å². The van der Waals surface area contributed by atoms with Gasteiger partial charge in [-0.15, -0.1) is 5.10 Å². The molecule has 0 saturated carbocycles. The van der Waals surface area contributed by atoms with Crippen LogP contribution in [0.15, 0.2) is 22.8 Å². The lowest BCUT2D eigenvalue weighted by molar-refractivity contribution is 0.228. The van der Waals surface area contributed by atoms with Gasteiger partial charge in [-0.25, -0.2) is 9.50 Å².